The van der Waals surface area contributed by atoms with Crippen molar-refractivity contribution in [3.8, 4) is 11.5 Å². The first-order valence-corrected chi connectivity index (χ1v) is 13.5. The summed E-state index contributed by atoms with van der Waals surface area (Å²) in [4.78, 5) is 29.2. The topological polar surface area (TPSA) is 102 Å². The second kappa shape index (κ2) is 12.0. The lowest BCUT2D eigenvalue weighted by Crippen LogP contribution is -2.47. The van der Waals surface area contributed by atoms with Crippen molar-refractivity contribution in [2.24, 2.45) is 11.8 Å². The molecule has 2 aliphatic carbocycles. The Kier molecular flexibility index (Phi) is 8.83. The Morgan fingerprint density at radius 2 is 1.81 bits per heavy atom. The highest BCUT2D eigenvalue weighted by Gasteiger charge is 2.32. The van der Waals surface area contributed by atoms with Gasteiger partial charge < -0.3 is 19.6 Å². The molecule has 7 heteroatoms. The standard InChI is InChI=1S/C29H40N2O5/c1-18(2)25(29(33)34)31-27(32)22-10-7-11-23(16-22)35-17-24-26(20-8-5-4-6-9-20)36-28(30-24)21-14-12-19(3)13-15-21/h12-15,18,20,22-23,25H,4-11,16-17H2,1-3H3,(H,31,32)(H,33,34)/t22-,23+,25?/m1/s1. The third kappa shape index (κ3) is 6.55. The number of nitrogens with zero attached hydrogens (tertiary/aromatic N) is 1. The van der Waals surface area contributed by atoms with Gasteiger partial charge in [-0.25, -0.2) is 9.78 Å². The van der Waals surface area contributed by atoms with Crippen LogP contribution in [0.5, 0.6) is 0 Å². The lowest BCUT2D eigenvalue weighted by molar-refractivity contribution is -0.144. The van der Waals surface area contributed by atoms with Crippen LogP contribution in [0.3, 0.4) is 0 Å². The van der Waals surface area contributed by atoms with Crippen LogP contribution in [0.25, 0.3) is 11.5 Å². The third-order valence-electron chi connectivity index (χ3n) is 7.69. The van der Waals surface area contributed by atoms with E-state index in [1.807, 2.05) is 12.1 Å². The number of aromatic nitrogens is 1. The molecule has 196 valence electrons. The van der Waals surface area contributed by atoms with Gasteiger partial charge in [-0.1, -0.05) is 57.2 Å². The van der Waals surface area contributed by atoms with Gasteiger partial charge in [0.1, 0.15) is 17.5 Å². The average Bonchev–Trinajstić information content (AvgIpc) is 3.31. The second-order valence-corrected chi connectivity index (χ2v) is 10.9. The van der Waals surface area contributed by atoms with Crippen LogP contribution in [-0.2, 0) is 20.9 Å². The van der Waals surface area contributed by atoms with E-state index in [2.05, 4.69) is 24.4 Å². The van der Waals surface area contributed by atoms with E-state index in [1.54, 1.807) is 13.8 Å². The number of aliphatic carboxylic acids is 1. The SMILES string of the molecule is Cc1ccc(-c2nc(CO[C@H]3CCC[C@@H](C(=O)NC(C(=O)O)C(C)C)C3)c(C3CCCCC3)o2)cc1. The normalized spacial score (nSPS) is 21.9. The number of ether oxygens (including phenoxy) is 1. The molecule has 1 aromatic carbocycles. The molecule has 0 spiro atoms. The minimum Gasteiger partial charge on any atom is -0.480 e. The zero-order valence-electron chi connectivity index (χ0n) is 21.8. The quantitative estimate of drug-likeness (QED) is 0.442. The summed E-state index contributed by atoms with van der Waals surface area (Å²) in [6.07, 6.45) is 8.97. The Hall–Kier alpha value is -2.67. The Labute approximate surface area is 214 Å². The number of amides is 1. The number of carbonyl (C=O) groups is 2. The number of benzene rings is 1. The molecule has 2 N–H and O–H groups in total. The van der Waals surface area contributed by atoms with Crippen LogP contribution >= 0.6 is 0 Å². The van der Waals surface area contributed by atoms with E-state index in [-0.39, 0.29) is 23.8 Å². The Bertz CT molecular complexity index is 1020. The molecule has 2 aromatic rings. The highest BCUT2D eigenvalue weighted by Crippen LogP contribution is 2.37. The van der Waals surface area contributed by atoms with E-state index in [9.17, 15) is 14.7 Å². The van der Waals surface area contributed by atoms with Crippen LogP contribution in [0.15, 0.2) is 28.7 Å². The van der Waals surface area contributed by atoms with E-state index in [4.69, 9.17) is 14.1 Å². The summed E-state index contributed by atoms with van der Waals surface area (Å²) in [5.41, 5.74) is 3.03. The van der Waals surface area contributed by atoms with Crippen molar-refractivity contribution in [1.29, 1.82) is 0 Å². The van der Waals surface area contributed by atoms with Crippen molar-refractivity contribution < 1.29 is 23.8 Å². The fraction of sp³-hybridized carbons (Fsp3) is 0.621. The van der Waals surface area contributed by atoms with Gasteiger partial charge in [-0.3, -0.25) is 4.79 Å². The summed E-state index contributed by atoms with van der Waals surface area (Å²) >= 11 is 0. The monoisotopic (exact) mass is 496 g/mol. The number of carbonyl (C=O) groups excluding carboxylic acids is 1. The zero-order valence-corrected chi connectivity index (χ0v) is 21.8. The molecule has 0 saturated heterocycles. The first kappa shape index (κ1) is 26.4. The predicted octanol–water partition coefficient (Wildman–Crippen LogP) is 6.00. The molecule has 1 unspecified atom stereocenters. The lowest BCUT2D eigenvalue weighted by Gasteiger charge is -2.30. The molecule has 4 rings (SSSR count). The van der Waals surface area contributed by atoms with Gasteiger partial charge in [-0.15, -0.1) is 0 Å². The number of hydrogen-bond donors (Lipinski definition) is 2. The molecule has 36 heavy (non-hydrogen) atoms. The number of aryl methyl sites for hydroxylation is 1. The molecule has 0 radical (unpaired) electrons. The van der Waals surface area contributed by atoms with Crippen LogP contribution in [0.4, 0.5) is 0 Å². The number of oxazole rings is 1. The minimum absolute atomic E-state index is 0.0597. The smallest absolute Gasteiger partial charge is 0.326 e. The fourth-order valence-corrected chi connectivity index (χ4v) is 5.49. The molecule has 2 fully saturated rings. The second-order valence-electron chi connectivity index (χ2n) is 10.9. The van der Waals surface area contributed by atoms with Crippen molar-refractivity contribution in [3.63, 3.8) is 0 Å². The summed E-state index contributed by atoms with van der Waals surface area (Å²) in [6, 6.07) is 7.35. The van der Waals surface area contributed by atoms with Crippen LogP contribution in [0, 0.1) is 18.8 Å². The largest absolute Gasteiger partial charge is 0.480 e. The molecule has 0 bridgehead atoms. The van der Waals surface area contributed by atoms with Crippen molar-refractivity contribution in [1.82, 2.24) is 10.3 Å². The van der Waals surface area contributed by atoms with Crippen LogP contribution < -0.4 is 5.32 Å². The highest BCUT2D eigenvalue weighted by atomic mass is 16.5. The first-order chi connectivity index (χ1) is 17.3. The Morgan fingerprint density at radius 3 is 2.47 bits per heavy atom. The van der Waals surface area contributed by atoms with E-state index >= 15 is 0 Å². The average molecular weight is 497 g/mol. The maximum absolute atomic E-state index is 12.8. The first-order valence-electron chi connectivity index (χ1n) is 13.5. The minimum atomic E-state index is -0.993. The van der Waals surface area contributed by atoms with Crippen LogP contribution in [0.2, 0.25) is 0 Å². The van der Waals surface area contributed by atoms with Gasteiger partial charge in [0.2, 0.25) is 11.8 Å². The van der Waals surface area contributed by atoms with Gasteiger partial charge in [0.05, 0.1) is 12.7 Å². The van der Waals surface area contributed by atoms with Gasteiger partial charge in [-0.2, -0.15) is 0 Å². The Morgan fingerprint density at radius 1 is 1.08 bits per heavy atom. The Balaban J connectivity index is 1.43. The molecular weight excluding hydrogens is 456 g/mol. The zero-order chi connectivity index (χ0) is 25.7. The van der Waals surface area contributed by atoms with E-state index in [0.29, 0.717) is 24.8 Å². The number of hydrogen-bond acceptors (Lipinski definition) is 5. The van der Waals surface area contributed by atoms with E-state index in [0.717, 1.165) is 49.1 Å². The van der Waals surface area contributed by atoms with Crippen molar-refractivity contribution in [2.75, 3.05) is 0 Å². The lowest BCUT2D eigenvalue weighted by atomic mass is 9.86. The molecule has 1 amide bonds. The molecule has 1 aromatic heterocycles. The van der Waals surface area contributed by atoms with Crippen molar-refractivity contribution >= 4 is 11.9 Å². The molecule has 2 aliphatic rings. The third-order valence-corrected chi connectivity index (χ3v) is 7.69. The van der Waals surface area contributed by atoms with Crippen LogP contribution in [0.1, 0.15) is 94.6 Å². The van der Waals surface area contributed by atoms with Gasteiger partial charge in [0.15, 0.2) is 0 Å². The molecule has 2 saturated carbocycles. The summed E-state index contributed by atoms with van der Waals surface area (Å²) < 4.78 is 12.7. The van der Waals surface area contributed by atoms with Crippen molar-refractivity contribution in [2.45, 2.75) is 103 Å². The maximum Gasteiger partial charge on any atom is 0.326 e. The molecule has 7 nitrogen and oxygen atoms in total. The number of carboxylic acid groups (broad SMARTS) is 1. The van der Waals surface area contributed by atoms with Crippen LogP contribution in [-0.4, -0.2) is 34.1 Å². The summed E-state index contributed by atoms with van der Waals surface area (Å²) in [5, 5.41) is 12.2. The van der Waals surface area contributed by atoms with Crippen molar-refractivity contribution in [3.05, 3.63) is 41.3 Å². The summed E-state index contributed by atoms with van der Waals surface area (Å²) in [5.74, 6) is 0.388. The van der Waals surface area contributed by atoms with Gasteiger partial charge in [-0.05, 0) is 57.1 Å². The van der Waals surface area contributed by atoms with Gasteiger partial charge in [0, 0.05) is 17.4 Å². The number of nitrogens with one attached hydrogen (secondary N) is 1. The summed E-state index contributed by atoms with van der Waals surface area (Å²) in [6.45, 7) is 6.04. The maximum atomic E-state index is 12.8. The highest BCUT2D eigenvalue weighted by molar-refractivity contribution is 5.85. The van der Waals surface area contributed by atoms with Gasteiger partial charge in [0.25, 0.3) is 0 Å². The fourth-order valence-electron chi connectivity index (χ4n) is 5.49. The molecule has 1 heterocycles. The molecule has 3 atom stereocenters. The van der Waals surface area contributed by atoms with Gasteiger partial charge >= 0.3 is 5.97 Å². The van der Waals surface area contributed by atoms with E-state index < -0.39 is 12.0 Å². The molecule has 0 aliphatic heterocycles. The van der Waals surface area contributed by atoms with E-state index in [1.165, 1.54) is 24.8 Å². The number of carboxylic acids is 1. The number of rotatable bonds is 9. The predicted molar refractivity (Wildman–Crippen MR) is 137 cm³/mol. The molecular formula is C29H40N2O5. The summed E-state index contributed by atoms with van der Waals surface area (Å²) in [7, 11) is 0.